The zero-order valence-electron chi connectivity index (χ0n) is 14.9. The minimum absolute atomic E-state index is 0.420. The molecule has 4 aromatic rings. The topological polar surface area (TPSA) is 20.2 Å². The molecule has 0 spiro atoms. The van der Waals surface area contributed by atoms with Gasteiger partial charge in [-0.3, -0.25) is 0 Å². The van der Waals surface area contributed by atoms with E-state index in [2.05, 4.69) is 68.4 Å². The number of rotatable bonds is 2. The van der Waals surface area contributed by atoms with Crippen LogP contribution in [0.25, 0.3) is 21.5 Å². The van der Waals surface area contributed by atoms with Gasteiger partial charge in [-0.15, -0.1) is 0 Å². The third-order valence-electron chi connectivity index (χ3n) is 5.37. The minimum Gasteiger partial charge on any atom is -0.507 e. The maximum absolute atomic E-state index is 10.8. The van der Waals surface area contributed by atoms with Crippen LogP contribution in [0.3, 0.4) is 0 Å². The summed E-state index contributed by atoms with van der Waals surface area (Å²) in [6.07, 6.45) is 0.738. The quantitative estimate of drug-likeness (QED) is 0.464. The molecule has 4 rings (SSSR count). The molecule has 1 heteroatoms. The van der Waals surface area contributed by atoms with Crippen molar-refractivity contribution in [1.29, 1.82) is 0 Å². The van der Waals surface area contributed by atoms with Crippen molar-refractivity contribution in [3.63, 3.8) is 0 Å². The van der Waals surface area contributed by atoms with Gasteiger partial charge in [0.25, 0.3) is 0 Å². The van der Waals surface area contributed by atoms with Gasteiger partial charge in [0.1, 0.15) is 5.75 Å². The molecule has 0 radical (unpaired) electrons. The Kier molecular flexibility index (Phi) is 3.73. The first-order valence-electron chi connectivity index (χ1n) is 8.74. The maximum Gasteiger partial charge on any atom is 0.122 e. The first kappa shape index (κ1) is 15.7. The molecule has 0 bridgehead atoms. The number of phenols is 1. The molecule has 0 atom stereocenters. The molecule has 0 saturated carbocycles. The van der Waals surface area contributed by atoms with Crippen LogP contribution in [0.2, 0.25) is 0 Å². The van der Waals surface area contributed by atoms with Gasteiger partial charge in [-0.05, 0) is 70.6 Å². The largest absolute Gasteiger partial charge is 0.507 e. The van der Waals surface area contributed by atoms with Crippen molar-refractivity contribution in [3.8, 4) is 5.75 Å². The van der Waals surface area contributed by atoms with Crippen LogP contribution in [0.1, 0.15) is 27.8 Å². The number of fused-ring (bicyclic) bond motifs is 2. The lowest BCUT2D eigenvalue weighted by Crippen LogP contribution is -1.99. The maximum atomic E-state index is 10.8. The van der Waals surface area contributed by atoms with Crippen LogP contribution < -0.4 is 0 Å². The molecule has 1 nitrogen and oxygen atoms in total. The molecule has 1 N–H and O–H groups in total. The van der Waals surface area contributed by atoms with Crippen LogP contribution in [0.15, 0.2) is 60.7 Å². The average Bonchev–Trinajstić information content (AvgIpc) is 2.62. The molecule has 0 heterocycles. The van der Waals surface area contributed by atoms with Gasteiger partial charge < -0.3 is 5.11 Å². The van der Waals surface area contributed by atoms with Crippen molar-refractivity contribution >= 4 is 21.5 Å². The Bertz CT molecular complexity index is 1020. The van der Waals surface area contributed by atoms with E-state index in [-0.39, 0.29) is 0 Å². The summed E-state index contributed by atoms with van der Waals surface area (Å²) in [5, 5.41) is 15.6. The predicted octanol–water partition coefficient (Wildman–Crippen LogP) is 6.21. The Hall–Kier alpha value is -2.80. The zero-order chi connectivity index (χ0) is 17.6. The Morgan fingerprint density at radius 3 is 1.84 bits per heavy atom. The van der Waals surface area contributed by atoms with Crippen molar-refractivity contribution in [2.24, 2.45) is 0 Å². The Labute approximate surface area is 148 Å². The zero-order valence-corrected chi connectivity index (χ0v) is 14.9. The van der Waals surface area contributed by atoms with E-state index in [1.807, 2.05) is 13.0 Å². The lowest BCUT2D eigenvalue weighted by molar-refractivity contribution is 0.466. The first-order chi connectivity index (χ1) is 12.1. The predicted molar refractivity (Wildman–Crippen MR) is 107 cm³/mol. The van der Waals surface area contributed by atoms with E-state index in [0.717, 1.165) is 22.9 Å². The summed E-state index contributed by atoms with van der Waals surface area (Å²) in [6, 6.07) is 21.2. The number of hydrogen-bond acceptors (Lipinski definition) is 1. The van der Waals surface area contributed by atoms with E-state index < -0.39 is 0 Å². The Morgan fingerprint density at radius 1 is 0.680 bits per heavy atom. The fourth-order valence-electron chi connectivity index (χ4n) is 3.83. The molecule has 0 aromatic heterocycles. The van der Waals surface area contributed by atoms with Gasteiger partial charge in [0, 0.05) is 12.0 Å². The third-order valence-corrected chi connectivity index (χ3v) is 5.37. The van der Waals surface area contributed by atoms with Crippen molar-refractivity contribution in [2.75, 3.05) is 0 Å². The molecule has 0 saturated heterocycles. The summed E-state index contributed by atoms with van der Waals surface area (Å²) < 4.78 is 0. The van der Waals surface area contributed by atoms with Gasteiger partial charge >= 0.3 is 0 Å². The molecular weight excluding hydrogens is 304 g/mol. The van der Waals surface area contributed by atoms with Gasteiger partial charge in [-0.25, -0.2) is 0 Å². The second-order valence-corrected chi connectivity index (χ2v) is 6.94. The van der Waals surface area contributed by atoms with E-state index in [0.29, 0.717) is 5.75 Å². The van der Waals surface area contributed by atoms with Crippen molar-refractivity contribution in [3.05, 3.63) is 88.5 Å². The van der Waals surface area contributed by atoms with E-state index in [9.17, 15) is 5.11 Å². The summed E-state index contributed by atoms with van der Waals surface area (Å²) in [6.45, 7) is 6.33. The summed E-state index contributed by atoms with van der Waals surface area (Å²) in [7, 11) is 0. The molecule has 25 heavy (non-hydrogen) atoms. The number of aryl methyl sites for hydroxylation is 2. The van der Waals surface area contributed by atoms with Gasteiger partial charge in [-0.2, -0.15) is 0 Å². The highest BCUT2D eigenvalue weighted by Crippen LogP contribution is 2.35. The monoisotopic (exact) mass is 326 g/mol. The fourth-order valence-corrected chi connectivity index (χ4v) is 3.83. The molecule has 0 aliphatic rings. The molecule has 4 aromatic carbocycles. The number of phenolic OH excluding ortho intramolecular Hbond substituents is 1. The van der Waals surface area contributed by atoms with Crippen LogP contribution in [0.4, 0.5) is 0 Å². The molecule has 0 aliphatic carbocycles. The Morgan fingerprint density at radius 2 is 1.20 bits per heavy atom. The number of aromatic hydroxyl groups is 1. The van der Waals surface area contributed by atoms with E-state index in [1.165, 1.54) is 32.8 Å². The number of benzene rings is 4. The van der Waals surface area contributed by atoms with Crippen LogP contribution in [0.5, 0.6) is 5.75 Å². The van der Waals surface area contributed by atoms with Crippen LogP contribution >= 0.6 is 0 Å². The summed E-state index contributed by atoms with van der Waals surface area (Å²) in [5.41, 5.74) is 5.87. The van der Waals surface area contributed by atoms with Gasteiger partial charge in [0.05, 0.1) is 0 Å². The summed E-state index contributed by atoms with van der Waals surface area (Å²) >= 11 is 0. The van der Waals surface area contributed by atoms with E-state index in [1.54, 1.807) is 0 Å². The van der Waals surface area contributed by atoms with Gasteiger partial charge in [-0.1, -0.05) is 54.6 Å². The van der Waals surface area contributed by atoms with Crippen molar-refractivity contribution < 1.29 is 5.11 Å². The summed E-state index contributed by atoms with van der Waals surface area (Å²) in [4.78, 5) is 0. The van der Waals surface area contributed by atoms with E-state index in [4.69, 9.17) is 0 Å². The highest BCUT2D eigenvalue weighted by Gasteiger charge is 2.15. The fraction of sp³-hybridized carbons (Fsp3) is 0.167. The smallest absolute Gasteiger partial charge is 0.122 e. The minimum atomic E-state index is 0.420. The molecule has 0 unspecified atom stereocenters. The normalized spacial score (nSPS) is 11.3. The lowest BCUT2D eigenvalue weighted by atomic mass is 9.88. The van der Waals surface area contributed by atoms with Gasteiger partial charge in [0.15, 0.2) is 0 Å². The van der Waals surface area contributed by atoms with Crippen LogP contribution in [0, 0.1) is 20.8 Å². The number of hydrogen-bond donors (Lipinski definition) is 1. The van der Waals surface area contributed by atoms with Crippen LogP contribution in [-0.4, -0.2) is 5.11 Å². The van der Waals surface area contributed by atoms with Crippen molar-refractivity contribution in [1.82, 2.24) is 0 Å². The molecule has 0 fully saturated rings. The average molecular weight is 326 g/mol. The molecule has 0 amide bonds. The highest BCUT2D eigenvalue weighted by atomic mass is 16.3. The van der Waals surface area contributed by atoms with Gasteiger partial charge in [0.2, 0.25) is 0 Å². The molecular formula is C24H22O. The molecule has 0 aliphatic heterocycles. The SMILES string of the molecule is Cc1cc2ccccc2c(Cc2c(O)c(C)cc3ccccc23)c1C. The second kappa shape index (κ2) is 5.93. The Balaban J connectivity index is 2.01. The lowest BCUT2D eigenvalue weighted by Gasteiger charge is -2.17. The second-order valence-electron chi connectivity index (χ2n) is 6.94. The molecule has 124 valence electrons. The third kappa shape index (κ3) is 2.56. The summed E-state index contributed by atoms with van der Waals surface area (Å²) in [5.74, 6) is 0.420. The highest BCUT2D eigenvalue weighted by molar-refractivity contribution is 5.92. The first-order valence-corrected chi connectivity index (χ1v) is 8.74. The standard InChI is InChI=1S/C24H22O/c1-15-12-18-8-4-6-10-20(18)22(17(15)3)14-23-21-11-7-5-9-19(21)13-16(2)24(23)25/h4-13,25H,14H2,1-3H3. The van der Waals surface area contributed by atoms with Crippen molar-refractivity contribution in [2.45, 2.75) is 27.2 Å². The van der Waals surface area contributed by atoms with E-state index >= 15 is 0 Å². The van der Waals surface area contributed by atoms with Crippen LogP contribution in [-0.2, 0) is 6.42 Å².